The SMILES string of the molecule is C1=Cc2ccccc2N=CCO1. The first-order chi connectivity index (χ1) is 5.97. The second kappa shape index (κ2) is 3.22. The van der Waals surface area contributed by atoms with Gasteiger partial charge < -0.3 is 4.74 Å². The maximum Gasteiger partial charge on any atom is 0.122 e. The van der Waals surface area contributed by atoms with Crippen LogP contribution in [-0.2, 0) is 4.74 Å². The van der Waals surface area contributed by atoms with Crippen molar-refractivity contribution in [3.63, 3.8) is 0 Å². The summed E-state index contributed by atoms with van der Waals surface area (Å²) in [5, 5.41) is 0. The molecule has 2 rings (SSSR count). The van der Waals surface area contributed by atoms with E-state index in [0.29, 0.717) is 6.61 Å². The third-order valence-electron chi connectivity index (χ3n) is 1.68. The van der Waals surface area contributed by atoms with E-state index in [1.54, 1.807) is 12.5 Å². The van der Waals surface area contributed by atoms with Crippen LogP contribution < -0.4 is 0 Å². The van der Waals surface area contributed by atoms with Gasteiger partial charge in [0.25, 0.3) is 0 Å². The van der Waals surface area contributed by atoms with Crippen LogP contribution in [0.4, 0.5) is 5.69 Å². The van der Waals surface area contributed by atoms with Crippen LogP contribution >= 0.6 is 0 Å². The zero-order valence-corrected chi connectivity index (χ0v) is 6.60. The van der Waals surface area contributed by atoms with E-state index in [2.05, 4.69) is 4.99 Å². The lowest BCUT2D eigenvalue weighted by Gasteiger charge is -2.03. The smallest absolute Gasteiger partial charge is 0.122 e. The van der Waals surface area contributed by atoms with Gasteiger partial charge in [-0.3, -0.25) is 4.99 Å². The minimum atomic E-state index is 0.546. The average Bonchev–Trinajstić information content (AvgIpc) is 2.06. The highest BCUT2D eigenvalue weighted by Gasteiger charge is 1.96. The number of fused-ring (bicyclic) bond motifs is 1. The molecular weight excluding hydrogens is 150 g/mol. The lowest BCUT2D eigenvalue weighted by Crippen LogP contribution is -1.90. The van der Waals surface area contributed by atoms with Gasteiger partial charge in [-0.2, -0.15) is 0 Å². The molecule has 1 aromatic carbocycles. The fourth-order valence-corrected chi connectivity index (χ4v) is 1.10. The van der Waals surface area contributed by atoms with Crippen LogP contribution in [0.25, 0.3) is 6.08 Å². The van der Waals surface area contributed by atoms with Gasteiger partial charge in [0, 0.05) is 11.8 Å². The van der Waals surface area contributed by atoms with Crippen molar-refractivity contribution in [1.82, 2.24) is 0 Å². The van der Waals surface area contributed by atoms with E-state index < -0.39 is 0 Å². The summed E-state index contributed by atoms with van der Waals surface area (Å²) in [5.74, 6) is 0. The van der Waals surface area contributed by atoms with Gasteiger partial charge in [-0.25, -0.2) is 0 Å². The Balaban J connectivity index is 2.48. The largest absolute Gasteiger partial charge is 0.496 e. The van der Waals surface area contributed by atoms with Gasteiger partial charge in [0.05, 0.1) is 11.9 Å². The number of benzene rings is 1. The Hall–Kier alpha value is -1.57. The van der Waals surface area contributed by atoms with E-state index in [1.165, 1.54) is 0 Å². The van der Waals surface area contributed by atoms with Gasteiger partial charge in [0.15, 0.2) is 0 Å². The number of hydrogen-bond acceptors (Lipinski definition) is 2. The van der Waals surface area contributed by atoms with Crippen LogP contribution in [0.15, 0.2) is 35.5 Å². The van der Waals surface area contributed by atoms with Gasteiger partial charge in [-0.15, -0.1) is 0 Å². The molecular formula is C10H9NO. The monoisotopic (exact) mass is 159 g/mol. The van der Waals surface area contributed by atoms with Gasteiger partial charge in [-0.1, -0.05) is 18.2 Å². The van der Waals surface area contributed by atoms with Crippen molar-refractivity contribution >= 4 is 18.0 Å². The summed E-state index contributed by atoms with van der Waals surface area (Å²) >= 11 is 0. The number of rotatable bonds is 0. The molecule has 0 bridgehead atoms. The molecule has 1 aliphatic heterocycles. The number of hydrogen-bond donors (Lipinski definition) is 0. The normalized spacial score (nSPS) is 14.3. The molecule has 0 N–H and O–H groups in total. The van der Waals surface area contributed by atoms with Crippen molar-refractivity contribution in [2.45, 2.75) is 0 Å². The van der Waals surface area contributed by atoms with E-state index in [0.717, 1.165) is 11.3 Å². The van der Waals surface area contributed by atoms with Crippen molar-refractivity contribution in [1.29, 1.82) is 0 Å². The molecule has 12 heavy (non-hydrogen) atoms. The summed E-state index contributed by atoms with van der Waals surface area (Å²) in [6.07, 6.45) is 5.39. The summed E-state index contributed by atoms with van der Waals surface area (Å²) in [4.78, 5) is 4.25. The van der Waals surface area contributed by atoms with Crippen LogP contribution in [0, 0.1) is 0 Å². The number of aliphatic imine (C=N–C) groups is 1. The quantitative estimate of drug-likeness (QED) is 0.569. The third kappa shape index (κ3) is 1.37. The molecule has 0 unspecified atom stereocenters. The average molecular weight is 159 g/mol. The Labute approximate surface area is 71.2 Å². The Morgan fingerprint density at radius 1 is 1.25 bits per heavy atom. The molecule has 0 spiro atoms. The number of para-hydroxylation sites is 1. The lowest BCUT2D eigenvalue weighted by molar-refractivity contribution is 0.308. The van der Waals surface area contributed by atoms with Crippen LogP contribution in [0.2, 0.25) is 0 Å². The molecule has 0 fully saturated rings. The molecule has 1 aromatic rings. The molecule has 0 saturated heterocycles. The second-order valence-corrected chi connectivity index (χ2v) is 2.51. The zero-order chi connectivity index (χ0) is 8.23. The Kier molecular flexibility index (Phi) is 1.90. The second-order valence-electron chi connectivity index (χ2n) is 2.51. The molecule has 0 aliphatic carbocycles. The van der Waals surface area contributed by atoms with E-state index in [9.17, 15) is 0 Å². The summed E-state index contributed by atoms with van der Waals surface area (Å²) in [6, 6.07) is 7.96. The van der Waals surface area contributed by atoms with E-state index in [-0.39, 0.29) is 0 Å². The topological polar surface area (TPSA) is 21.6 Å². The third-order valence-corrected chi connectivity index (χ3v) is 1.68. The van der Waals surface area contributed by atoms with Gasteiger partial charge in [0.2, 0.25) is 0 Å². The summed E-state index contributed by atoms with van der Waals surface area (Å²) < 4.78 is 5.10. The Morgan fingerprint density at radius 2 is 2.17 bits per heavy atom. The first kappa shape index (κ1) is 7.10. The molecule has 1 heterocycles. The molecule has 2 heteroatoms. The van der Waals surface area contributed by atoms with Gasteiger partial charge >= 0.3 is 0 Å². The van der Waals surface area contributed by atoms with Gasteiger partial charge in [-0.05, 0) is 12.1 Å². The molecule has 0 atom stereocenters. The molecule has 1 aliphatic rings. The zero-order valence-electron chi connectivity index (χ0n) is 6.60. The number of ether oxygens (including phenoxy) is 1. The minimum Gasteiger partial charge on any atom is -0.496 e. The van der Waals surface area contributed by atoms with Crippen molar-refractivity contribution in [3.05, 3.63) is 36.1 Å². The van der Waals surface area contributed by atoms with E-state index in [1.807, 2.05) is 30.3 Å². The highest BCUT2D eigenvalue weighted by molar-refractivity contribution is 5.71. The van der Waals surface area contributed by atoms with Crippen LogP contribution in [0.1, 0.15) is 5.56 Å². The molecule has 0 radical (unpaired) electrons. The first-order valence-electron chi connectivity index (χ1n) is 3.86. The lowest BCUT2D eigenvalue weighted by atomic mass is 10.2. The summed E-state index contributed by atoms with van der Waals surface area (Å²) in [5.41, 5.74) is 2.09. The Bertz CT molecular complexity index is 295. The van der Waals surface area contributed by atoms with E-state index >= 15 is 0 Å². The standard InChI is InChI=1S/C10H9NO/c1-2-4-10-9(3-1)5-7-12-8-6-11-10/h1-7H,8H2. The van der Waals surface area contributed by atoms with Crippen LogP contribution in [-0.4, -0.2) is 12.8 Å². The Morgan fingerprint density at radius 3 is 3.17 bits per heavy atom. The van der Waals surface area contributed by atoms with Crippen LogP contribution in [0.3, 0.4) is 0 Å². The molecule has 2 nitrogen and oxygen atoms in total. The molecule has 0 aromatic heterocycles. The van der Waals surface area contributed by atoms with Crippen molar-refractivity contribution < 1.29 is 4.74 Å². The maximum atomic E-state index is 5.10. The highest BCUT2D eigenvalue weighted by Crippen LogP contribution is 2.20. The molecule has 60 valence electrons. The first-order valence-corrected chi connectivity index (χ1v) is 3.86. The van der Waals surface area contributed by atoms with Crippen molar-refractivity contribution in [2.24, 2.45) is 4.99 Å². The van der Waals surface area contributed by atoms with Crippen molar-refractivity contribution in [2.75, 3.05) is 6.61 Å². The highest BCUT2D eigenvalue weighted by atomic mass is 16.5. The fourth-order valence-electron chi connectivity index (χ4n) is 1.10. The summed E-state index contributed by atoms with van der Waals surface area (Å²) in [7, 11) is 0. The predicted molar refractivity (Wildman–Crippen MR) is 49.6 cm³/mol. The number of nitrogens with zero attached hydrogens (tertiary/aromatic N) is 1. The van der Waals surface area contributed by atoms with E-state index in [4.69, 9.17) is 4.74 Å². The predicted octanol–water partition coefficient (Wildman–Crippen LogP) is 2.39. The van der Waals surface area contributed by atoms with Crippen molar-refractivity contribution in [3.8, 4) is 0 Å². The van der Waals surface area contributed by atoms with Crippen LogP contribution in [0.5, 0.6) is 0 Å². The minimum absolute atomic E-state index is 0.546. The fraction of sp³-hybridized carbons (Fsp3) is 0.100. The summed E-state index contributed by atoms with van der Waals surface area (Å²) in [6.45, 7) is 0.546. The maximum absolute atomic E-state index is 5.10. The van der Waals surface area contributed by atoms with Gasteiger partial charge in [0.1, 0.15) is 6.61 Å². The molecule has 0 saturated carbocycles. The molecule has 0 amide bonds.